The van der Waals surface area contributed by atoms with Gasteiger partial charge in [0.25, 0.3) is 5.91 Å². The summed E-state index contributed by atoms with van der Waals surface area (Å²) in [4.78, 5) is 17.6. The van der Waals surface area contributed by atoms with Crippen LogP contribution in [0.1, 0.15) is 10.4 Å². The van der Waals surface area contributed by atoms with Crippen molar-refractivity contribution in [2.75, 3.05) is 20.8 Å². The Morgan fingerprint density at radius 2 is 2.08 bits per heavy atom. The molecule has 1 aromatic heterocycles. The number of thiazole rings is 1. The van der Waals surface area contributed by atoms with Crippen LogP contribution in [0.2, 0.25) is 5.02 Å². The number of aromatic nitrogens is 1. The number of halogens is 2. The van der Waals surface area contributed by atoms with Gasteiger partial charge in [-0.2, -0.15) is 4.99 Å². The molecule has 5 nitrogen and oxygen atoms in total. The molecule has 0 N–H and O–H groups in total. The largest absolute Gasteiger partial charge is 0.497 e. The van der Waals surface area contributed by atoms with Gasteiger partial charge in [0, 0.05) is 18.1 Å². The van der Waals surface area contributed by atoms with E-state index in [0.29, 0.717) is 28.5 Å². The van der Waals surface area contributed by atoms with Crippen LogP contribution in [-0.4, -0.2) is 31.3 Å². The molecule has 2 aromatic carbocycles. The van der Waals surface area contributed by atoms with E-state index in [1.165, 1.54) is 11.3 Å². The van der Waals surface area contributed by atoms with E-state index in [2.05, 4.69) is 20.9 Å². The molecule has 8 heteroatoms. The van der Waals surface area contributed by atoms with Gasteiger partial charge in [0.2, 0.25) is 0 Å². The monoisotopic (exact) mass is 454 g/mol. The number of carbonyl (C=O) groups excluding carboxylic acids is 1. The summed E-state index contributed by atoms with van der Waals surface area (Å²) in [5.41, 5.74) is 1.33. The summed E-state index contributed by atoms with van der Waals surface area (Å²) in [5, 5.41) is 0.369. The Bertz CT molecular complexity index is 1030. The normalized spacial score (nSPS) is 11.9. The van der Waals surface area contributed by atoms with Crippen LogP contribution in [0.5, 0.6) is 5.75 Å². The molecule has 0 saturated heterocycles. The van der Waals surface area contributed by atoms with Gasteiger partial charge in [-0.3, -0.25) is 4.79 Å². The first-order valence-corrected chi connectivity index (χ1v) is 9.72. The second-order valence-corrected chi connectivity index (χ2v) is 7.74. The molecule has 0 saturated carbocycles. The zero-order valence-corrected chi connectivity index (χ0v) is 17.3. The SMILES string of the molecule is COCCn1c(=NC(=O)c2cc(Br)ccc2Cl)sc2cc(OC)ccc21. The molecule has 1 heterocycles. The van der Waals surface area contributed by atoms with Crippen LogP contribution in [0.25, 0.3) is 10.2 Å². The molecule has 0 bridgehead atoms. The second-order valence-electron chi connectivity index (χ2n) is 5.40. The van der Waals surface area contributed by atoms with E-state index >= 15 is 0 Å². The van der Waals surface area contributed by atoms with Gasteiger partial charge in [0.05, 0.1) is 34.5 Å². The molecule has 0 fully saturated rings. The van der Waals surface area contributed by atoms with Crippen molar-refractivity contribution in [1.29, 1.82) is 0 Å². The van der Waals surface area contributed by atoms with Crippen molar-refractivity contribution in [1.82, 2.24) is 4.57 Å². The molecule has 0 spiro atoms. The lowest BCUT2D eigenvalue weighted by atomic mass is 10.2. The Kier molecular flexibility index (Phi) is 6.13. The predicted molar refractivity (Wildman–Crippen MR) is 107 cm³/mol. The molecule has 0 aliphatic rings. The van der Waals surface area contributed by atoms with Gasteiger partial charge in [0.15, 0.2) is 4.80 Å². The minimum Gasteiger partial charge on any atom is -0.497 e. The summed E-state index contributed by atoms with van der Waals surface area (Å²) < 4.78 is 14.2. The van der Waals surface area contributed by atoms with E-state index in [1.54, 1.807) is 32.4 Å². The summed E-state index contributed by atoms with van der Waals surface area (Å²) in [6.07, 6.45) is 0. The van der Waals surface area contributed by atoms with Crippen molar-refractivity contribution in [2.45, 2.75) is 6.54 Å². The first-order chi connectivity index (χ1) is 12.5. The highest BCUT2D eigenvalue weighted by molar-refractivity contribution is 9.10. The Morgan fingerprint density at radius 1 is 1.27 bits per heavy atom. The van der Waals surface area contributed by atoms with Gasteiger partial charge in [0.1, 0.15) is 5.75 Å². The lowest BCUT2D eigenvalue weighted by Crippen LogP contribution is -2.19. The lowest BCUT2D eigenvalue weighted by Gasteiger charge is -2.05. The Hall–Kier alpha value is -1.67. The average Bonchev–Trinajstić information content (AvgIpc) is 2.97. The number of nitrogens with zero attached hydrogens (tertiary/aromatic N) is 2. The van der Waals surface area contributed by atoms with Gasteiger partial charge in [-0.05, 0) is 36.4 Å². The molecule has 26 heavy (non-hydrogen) atoms. The molecule has 3 rings (SSSR count). The van der Waals surface area contributed by atoms with Crippen molar-refractivity contribution in [3.05, 3.63) is 56.3 Å². The summed E-state index contributed by atoms with van der Waals surface area (Å²) in [5.74, 6) is 0.367. The molecular weight excluding hydrogens is 440 g/mol. The number of hydrogen-bond donors (Lipinski definition) is 0. The standard InChI is InChI=1S/C18H16BrClN2O3S/c1-24-8-7-22-15-6-4-12(25-2)10-16(15)26-18(22)21-17(23)13-9-11(19)3-5-14(13)20/h3-6,9-10H,7-8H2,1-2H3. The van der Waals surface area contributed by atoms with Crippen molar-refractivity contribution in [3.63, 3.8) is 0 Å². The summed E-state index contributed by atoms with van der Waals surface area (Å²) >= 11 is 10.9. The molecule has 0 atom stereocenters. The van der Waals surface area contributed by atoms with Crippen LogP contribution in [0.15, 0.2) is 45.9 Å². The number of ether oxygens (including phenoxy) is 2. The van der Waals surface area contributed by atoms with Crippen molar-refractivity contribution < 1.29 is 14.3 Å². The van der Waals surface area contributed by atoms with Gasteiger partial charge >= 0.3 is 0 Å². The highest BCUT2D eigenvalue weighted by atomic mass is 79.9. The highest BCUT2D eigenvalue weighted by Gasteiger charge is 2.13. The smallest absolute Gasteiger partial charge is 0.281 e. The van der Waals surface area contributed by atoms with Crippen LogP contribution in [0, 0.1) is 0 Å². The summed E-state index contributed by atoms with van der Waals surface area (Å²) in [6, 6.07) is 10.9. The van der Waals surface area contributed by atoms with E-state index in [0.717, 1.165) is 20.4 Å². The van der Waals surface area contributed by atoms with Gasteiger partial charge in [-0.25, -0.2) is 0 Å². The van der Waals surface area contributed by atoms with E-state index in [-0.39, 0.29) is 5.91 Å². The predicted octanol–water partition coefficient (Wildman–Crippen LogP) is 4.51. The Balaban J connectivity index is 2.13. The van der Waals surface area contributed by atoms with Gasteiger partial charge < -0.3 is 14.0 Å². The highest BCUT2D eigenvalue weighted by Crippen LogP contribution is 2.24. The first-order valence-electron chi connectivity index (χ1n) is 7.74. The van der Waals surface area contributed by atoms with Crippen LogP contribution in [0.3, 0.4) is 0 Å². The van der Waals surface area contributed by atoms with E-state index in [9.17, 15) is 4.79 Å². The number of methoxy groups -OCH3 is 2. The van der Waals surface area contributed by atoms with Gasteiger partial charge in [-0.15, -0.1) is 0 Å². The molecule has 0 aliphatic heterocycles. The van der Waals surface area contributed by atoms with Crippen molar-refractivity contribution in [2.24, 2.45) is 4.99 Å². The molecule has 0 radical (unpaired) electrons. The minimum atomic E-state index is -0.388. The Labute approximate surface area is 168 Å². The maximum atomic E-state index is 12.7. The average molecular weight is 456 g/mol. The van der Waals surface area contributed by atoms with Crippen LogP contribution in [0.4, 0.5) is 0 Å². The third kappa shape index (κ3) is 4.01. The lowest BCUT2D eigenvalue weighted by molar-refractivity contribution is 0.0997. The fraction of sp³-hybridized carbons (Fsp3) is 0.222. The summed E-state index contributed by atoms with van der Waals surface area (Å²) in [6.45, 7) is 1.10. The molecule has 3 aromatic rings. The first kappa shape index (κ1) is 19.1. The molecular formula is C18H16BrClN2O3S. The topological polar surface area (TPSA) is 52.8 Å². The van der Waals surface area contributed by atoms with Crippen LogP contribution in [-0.2, 0) is 11.3 Å². The van der Waals surface area contributed by atoms with Crippen LogP contribution >= 0.6 is 38.9 Å². The third-order valence-corrected chi connectivity index (χ3v) is 5.63. The zero-order valence-electron chi connectivity index (χ0n) is 14.2. The van der Waals surface area contributed by atoms with E-state index in [1.807, 2.05) is 22.8 Å². The number of benzene rings is 2. The number of fused-ring (bicyclic) bond motifs is 1. The van der Waals surface area contributed by atoms with E-state index in [4.69, 9.17) is 21.1 Å². The third-order valence-electron chi connectivity index (χ3n) is 3.76. The Morgan fingerprint density at radius 3 is 2.81 bits per heavy atom. The van der Waals surface area contributed by atoms with Crippen molar-refractivity contribution >= 4 is 55.0 Å². The number of carbonyl (C=O) groups is 1. The van der Waals surface area contributed by atoms with Crippen molar-refractivity contribution in [3.8, 4) is 5.75 Å². The fourth-order valence-electron chi connectivity index (χ4n) is 2.47. The number of hydrogen-bond acceptors (Lipinski definition) is 4. The van der Waals surface area contributed by atoms with E-state index < -0.39 is 0 Å². The zero-order chi connectivity index (χ0) is 18.7. The molecule has 0 unspecified atom stereocenters. The maximum Gasteiger partial charge on any atom is 0.281 e. The van der Waals surface area contributed by atoms with Gasteiger partial charge in [-0.1, -0.05) is 38.9 Å². The minimum absolute atomic E-state index is 0.356. The molecule has 136 valence electrons. The molecule has 0 aliphatic carbocycles. The number of rotatable bonds is 5. The quantitative estimate of drug-likeness (QED) is 0.568. The second kappa shape index (κ2) is 8.35. The number of amides is 1. The van der Waals surface area contributed by atoms with Crippen LogP contribution < -0.4 is 9.54 Å². The summed E-state index contributed by atoms with van der Waals surface area (Å²) in [7, 11) is 3.26. The molecule has 1 amide bonds. The maximum absolute atomic E-state index is 12.7. The fourth-order valence-corrected chi connectivity index (χ4v) is 4.12.